The second-order valence-corrected chi connectivity index (χ2v) is 6.03. The highest BCUT2D eigenvalue weighted by atomic mass is 19.1. The van der Waals surface area contributed by atoms with Gasteiger partial charge in [-0.25, -0.2) is 13.6 Å². The van der Waals surface area contributed by atoms with E-state index in [1.54, 1.807) is 42.9 Å². The van der Waals surface area contributed by atoms with E-state index < -0.39 is 11.6 Å². The van der Waals surface area contributed by atoms with Crippen molar-refractivity contribution >= 4 is 12.0 Å². The van der Waals surface area contributed by atoms with Crippen LogP contribution in [0, 0.1) is 18.6 Å². The Morgan fingerprint density at radius 1 is 1.25 bits per heavy atom. The first kappa shape index (κ1) is 18.0. The summed E-state index contributed by atoms with van der Waals surface area (Å²) in [7, 11) is 6.86. The first-order valence-corrected chi connectivity index (χ1v) is 7.58. The topological polar surface area (TPSA) is 42.4 Å². The average molecular weight is 339 g/mol. The maximum Gasteiger partial charge on any atom is 0.322 e. The monoisotopic (exact) mass is 339 g/mol. The van der Waals surface area contributed by atoms with E-state index in [0.29, 0.717) is 24.9 Å². The van der Waals surface area contributed by atoms with E-state index in [4.69, 9.17) is 0 Å². The molecule has 0 aliphatic carbocycles. The zero-order valence-electron chi connectivity index (χ0n) is 14.7. The van der Waals surface area contributed by atoms with Crippen molar-refractivity contribution in [3.8, 4) is 0 Å². The Balaban J connectivity index is 2.17. The van der Waals surface area contributed by atoms with Crippen molar-refractivity contribution < 1.29 is 13.6 Å². The summed E-state index contributed by atoms with van der Waals surface area (Å²) in [6, 6.07) is 2.65. The number of urea groups is 1. The van der Waals surface area contributed by atoms with Gasteiger partial charge in [0.2, 0.25) is 0 Å². The van der Waals surface area contributed by atoms with Gasteiger partial charge in [-0.1, -0.05) is 6.07 Å². The standard InChI is InChI=1S/C16H23F2N5O/c1-11-13(17)7-6-12(14(11)18)8-20(3)15(19-2)23-9-21(4)16(24)22(5)10-23/h6-7H,8-10H2,1-5H3/b19-15-. The fourth-order valence-electron chi connectivity index (χ4n) is 2.82. The molecule has 1 aromatic carbocycles. The summed E-state index contributed by atoms with van der Waals surface area (Å²) in [4.78, 5) is 23.0. The van der Waals surface area contributed by atoms with Crippen molar-refractivity contribution in [1.29, 1.82) is 0 Å². The fourth-order valence-corrected chi connectivity index (χ4v) is 2.82. The van der Waals surface area contributed by atoms with Gasteiger partial charge in [-0.05, 0) is 13.0 Å². The van der Waals surface area contributed by atoms with Gasteiger partial charge in [-0.2, -0.15) is 0 Å². The molecule has 1 fully saturated rings. The lowest BCUT2D eigenvalue weighted by Gasteiger charge is -2.42. The van der Waals surface area contributed by atoms with Crippen LogP contribution in [0.15, 0.2) is 17.1 Å². The van der Waals surface area contributed by atoms with E-state index in [9.17, 15) is 13.6 Å². The van der Waals surface area contributed by atoms with E-state index in [2.05, 4.69) is 4.99 Å². The molecule has 0 saturated carbocycles. The van der Waals surface area contributed by atoms with Gasteiger partial charge in [0.25, 0.3) is 0 Å². The molecular weight excluding hydrogens is 316 g/mol. The molecule has 1 aliphatic heterocycles. The van der Waals surface area contributed by atoms with E-state index in [0.717, 1.165) is 0 Å². The highest BCUT2D eigenvalue weighted by Gasteiger charge is 2.28. The third kappa shape index (κ3) is 3.42. The molecule has 2 amide bonds. The Morgan fingerprint density at radius 2 is 1.83 bits per heavy atom. The number of benzene rings is 1. The van der Waals surface area contributed by atoms with Crippen LogP contribution in [0.2, 0.25) is 0 Å². The molecule has 0 unspecified atom stereocenters. The van der Waals surface area contributed by atoms with Crippen LogP contribution in [0.4, 0.5) is 13.6 Å². The molecule has 6 nitrogen and oxygen atoms in total. The molecule has 1 aromatic rings. The predicted octanol–water partition coefficient (Wildman–Crippen LogP) is 1.91. The highest BCUT2D eigenvalue weighted by molar-refractivity contribution is 5.82. The summed E-state index contributed by atoms with van der Waals surface area (Å²) < 4.78 is 27.6. The molecule has 0 radical (unpaired) electrons. The minimum absolute atomic E-state index is 0.0129. The van der Waals surface area contributed by atoms with Gasteiger partial charge in [0, 0.05) is 45.9 Å². The molecule has 2 rings (SSSR count). The van der Waals surface area contributed by atoms with Crippen LogP contribution in [-0.2, 0) is 6.54 Å². The van der Waals surface area contributed by atoms with Crippen molar-refractivity contribution in [3.63, 3.8) is 0 Å². The van der Waals surface area contributed by atoms with Gasteiger partial charge >= 0.3 is 6.03 Å². The van der Waals surface area contributed by atoms with Gasteiger partial charge in [0.15, 0.2) is 5.96 Å². The number of hydrogen-bond donors (Lipinski definition) is 0. The van der Waals surface area contributed by atoms with E-state index >= 15 is 0 Å². The number of carbonyl (C=O) groups is 1. The molecule has 24 heavy (non-hydrogen) atoms. The Kier molecular flexibility index (Phi) is 5.26. The lowest BCUT2D eigenvalue weighted by molar-refractivity contribution is 0.0875. The molecule has 0 bridgehead atoms. The van der Waals surface area contributed by atoms with E-state index in [1.807, 2.05) is 4.90 Å². The quantitative estimate of drug-likeness (QED) is 0.611. The average Bonchev–Trinajstić information content (AvgIpc) is 2.53. The van der Waals surface area contributed by atoms with Crippen LogP contribution in [-0.4, -0.2) is 73.1 Å². The Hall–Kier alpha value is -2.38. The molecule has 132 valence electrons. The second-order valence-electron chi connectivity index (χ2n) is 6.03. The molecule has 1 saturated heterocycles. The normalized spacial score (nSPS) is 16.0. The number of aliphatic imine (C=N–C) groups is 1. The minimum atomic E-state index is -0.555. The van der Waals surface area contributed by atoms with Gasteiger partial charge in [-0.3, -0.25) is 4.99 Å². The molecule has 1 aliphatic rings. The summed E-state index contributed by atoms with van der Waals surface area (Å²) in [5.41, 5.74) is 0.409. The van der Waals surface area contributed by atoms with Gasteiger partial charge in [-0.15, -0.1) is 0 Å². The minimum Gasteiger partial charge on any atom is -0.341 e. The summed E-state index contributed by atoms with van der Waals surface area (Å²) in [5, 5.41) is 0. The Morgan fingerprint density at radius 3 is 2.38 bits per heavy atom. The molecule has 1 heterocycles. The maximum atomic E-state index is 14.2. The third-order valence-electron chi connectivity index (χ3n) is 4.05. The van der Waals surface area contributed by atoms with Gasteiger partial charge in [0.05, 0.1) is 13.3 Å². The second kappa shape index (κ2) is 7.02. The number of amides is 2. The van der Waals surface area contributed by atoms with Crippen LogP contribution in [0.3, 0.4) is 0 Å². The molecule has 0 spiro atoms. The van der Waals surface area contributed by atoms with E-state index in [1.165, 1.54) is 19.1 Å². The molecule has 0 aromatic heterocycles. The van der Waals surface area contributed by atoms with Crippen LogP contribution in [0.25, 0.3) is 0 Å². The van der Waals surface area contributed by atoms with Crippen LogP contribution in [0.5, 0.6) is 0 Å². The maximum absolute atomic E-state index is 14.2. The largest absolute Gasteiger partial charge is 0.341 e. The number of guanidine groups is 1. The van der Waals surface area contributed by atoms with Crippen molar-refractivity contribution in [2.75, 3.05) is 41.5 Å². The van der Waals surface area contributed by atoms with Crippen molar-refractivity contribution in [2.45, 2.75) is 13.5 Å². The zero-order chi connectivity index (χ0) is 18.0. The van der Waals surface area contributed by atoms with Crippen LogP contribution < -0.4 is 0 Å². The number of rotatable bonds is 2. The lowest BCUT2D eigenvalue weighted by atomic mass is 10.1. The van der Waals surface area contributed by atoms with Gasteiger partial charge < -0.3 is 19.6 Å². The number of hydrogen-bond acceptors (Lipinski definition) is 2. The van der Waals surface area contributed by atoms with Crippen LogP contribution >= 0.6 is 0 Å². The van der Waals surface area contributed by atoms with Crippen molar-refractivity contribution in [2.24, 2.45) is 4.99 Å². The fraction of sp³-hybridized carbons (Fsp3) is 0.500. The predicted molar refractivity (Wildman–Crippen MR) is 88.4 cm³/mol. The number of halogens is 2. The lowest BCUT2D eigenvalue weighted by Crippen LogP contribution is -2.59. The smallest absolute Gasteiger partial charge is 0.322 e. The highest BCUT2D eigenvalue weighted by Crippen LogP contribution is 2.18. The summed E-state index contributed by atoms with van der Waals surface area (Å²) in [6.07, 6.45) is 0. The van der Waals surface area contributed by atoms with Crippen LogP contribution in [0.1, 0.15) is 11.1 Å². The van der Waals surface area contributed by atoms with E-state index in [-0.39, 0.29) is 18.1 Å². The molecule has 0 atom stereocenters. The third-order valence-corrected chi connectivity index (χ3v) is 4.05. The van der Waals surface area contributed by atoms with Crippen molar-refractivity contribution in [3.05, 3.63) is 34.9 Å². The summed E-state index contributed by atoms with van der Waals surface area (Å²) in [5.74, 6) is -0.469. The van der Waals surface area contributed by atoms with Gasteiger partial charge in [0.1, 0.15) is 11.6 Å². The Bertz CT molecular complexity index is 650. The molecular formula is C16H23F2N5O. The summed E-state index contributed by atoms with van der Waals surface area (Å²) >= 11 is 0. The number of carbonyl (C=O) groups excluding carboxylic acids is 1. The summed E-state index contributed by atoms with van der Waals surface area (Å²) in [6.45, 7) is 2.46. The Labute approximate surface area is 141 Å². The first-order chi connectivity index (χ1) is 11.3. The SMILES string of the molecule is C/N=C(/N(C)Cc1ccc(F)c(C)c1F)N1CN(C)C(=O)N(C)C1. The molecule has 0 N–H and O–H groups in total. The zero-order valence-corrected chi connectivity index (χ0v) is 14.7. The van der Waals surface area contributed by atoms with Crippen molar-refractivity contribution in [1.82, 2.24) is 19.6 Å². The number of nitrogens with zero attached hydrogens (tertiary/aromatic N) is 5. The molecule has 8 heteroatoms. The first-order valence-electron chi connectivity index (χ1n) is 7.58.